The minimum absolute atomic E-state index is 0.296. The Morgan fingerprint density at radius 1 is 1.62 bits per heavy atom. The normalized spacial score (nSPS) is 38.2. The van der Waals surface area contributed by atoms with Crippen molar-refractivity contribution in [3.05, 3.63) is 0 Å². The van der Waals surface area contributed by atoms with Crippen LogP contribution >= 0.6 is 0 Å². The molecular weight excluding hydrogens is 176 g/mol. The van der Waals surface area contributed by atoms with Crippen LogP contribution in [0.5, 0.6) is 0 Å². The molecule has 2 saturated heterocycles. The third kappa shape index (κ3) is 1.27. The summed E-state index contributed by atoms with van der Waals surface area (Å²) < 4.78 is 0. The highest BCUT2D eigenvalue weighted by Crippen LogP contribution is 2.24. The lowest BCUT2D eigenvalue weighted by molar-refractivity contribution is -0.144. The standard InChI is InChI=1S/C7H10N2O4/c10-6-4-3(13-9-6)1-2-8-5(4)7(11)12/h3-5,8H,1-2H2,(H,9,10)(H,11,12). The molecule has 0 spiro atoms. The van der Waals surface area contributed by atoms with Crippen molar-refractivity contribution < 1.29 is 19.5 Å². The van der Waals surface area contributed by atoms with Gasteiger partial charge in [0.15, 0.2) is 0 Å². The minimum atomic E-state index is -1.00. The maximum absolute atomic E-state index is 11.2. The predicted octanol–water partition coefficient (Wildman–Crippen LogP) is -1.52. The lowest BCUT2D eigenvalue weighted by Gasteiger charge is -2.27. The fourth-order valence-electron chi connectivity index (χ4n) is 1.80. The van der Waals surface area contributed by atoms with Crippen LogP contribution in [0.4, 0.5) is 0 Å². The SMILES string of the molecule is O=C(O)C1NCCC2ONC(=O)C21. The van der Waals surface area contributed by atoms with E-state index < -0.39 is 17.9 Å². The van der Waals surface area contributed by atoms with Crippen LogP contribution in [0.2, 0.25) is 0 Å². The van der Waals surface area contributed by atoms with Gasteiger partial charge in [0.2, 0.25) is 0 Å². The summed E-state index contributed by atoms with van der Waals surface area (Å²) in [5.41, 5.74) is 2.20. The van der Waals surface area contributed by atoms with Gasteiger partial charge in [-0.2, -0.15) is 0 Å². The van der Waals surface area contributed by atoms with Crippen LogP contribution in [0.15, 0.2) is 0 Å². The molecule has 2 rings (SSSR count). The van der Waals surface area contributed by atoms with Gasteiger partial charge < -0.3 is 10.4 Å². The van der Waals surface area contributed by atoms with E-state index in [0.29, 0.717) is 13.0 Å². The number of carboxylic acids is 1. The quantitative estimate of drug-likeness (QED) is 0.463. The second kappa shape index (κ2) is 2.97. The summed E-state index contributed by atoms with van der Waals surface area (Å²) in [6, 6.07) is -0.818. The van der Waals surface area contributed by atoms with Crippen LogP contribution < -0.4 is 10.8 Å². The molecule has 2 aliphatic rings. The number of hydroxylamine groups is 1. The number of aliphatic carboxylic acids is 1. The van der Waals surface area contributed by atoms with Gasteiger partial charge in [-0.05, 0) is 13.0 Å². The molecule has 2 heterocycles. The Labute approximate surface area is 74.2 Å². The van der Waals surface area contributed by atoms with E-state index >= 15 is 0 Å². The predicted molar refractivity (Wildman–Crippen MR) is 40.5 cm³/mol. The summed E-state index contributed by atoms with van der Waals surface area (Å²) in [5, 5.41) is 11.6. The molecule has 0 aromatic carbocycles. The van der Waals surface area contributed by atoms with Gasteiger partial charge in [-0.15, -0.1) is 0 Å². The Morgan fingerprint density at radius 2 is 2.38 bits per heavy atom. The third-order valence-electron chi connectivity index (χ3n) is 2.43. The first-order chi connectivity index (χ1) is 6.20. The van der Waals surface area contributed by atoms with Gasteiger partial charge in [-0.25, -0.2) is 5.48 Å². The van der Waals surface area contributed by atoms with Gasteiger partial charge in [0, 0.05) is 0 Å². The van der Waals surface area contributed by atoms with E-state index in [-0.39, 0.29) is 12.0 Å². The van der Waals surface area contributed by atoms with Crippen LogP contribution in [0.3, 0.4) is 0 Å². The molecule has 6 heteroatoms. The smallest absolute Gasteiger partial charge is 0.321 e. The lowest BCUT2D eigenvalue weighted by atomic mass is 9.88. The van der Waals surface area contributed by atoms with Crippen molar-refractivity contribution in [2.75, 3.05) is 6.54 Å². The Morgan fingerprint density at radius 3 is 3.08 bits per heavy atom. The third-order valence-corrected chi connectivity index (χ3v) is 2.43. The molecule has 6 nitrogen and oxygen atoms in total. The highest BCUT2D eigenvalue weighted by molar-refractivity contribution is 5.88. The fourth-order valence-corrected chi connectivity index (χ4v) is 1.80. The molecule has 13 heavy (non-hydrogen) atoms. The van der Waals surface area contributed by atoms with E-state index in [2.05, 4.69) is 10.8 Å². The number of carbonyl (C=O) groups excluding carboxylic acids is 1. The summed E-state index contributed by atoms with van der Waals surface area (Å²) in [4.78, 5) is 26.9. The summed E-state index contributed by atoms with van der Waals surface area (Å²) >= 11 is 0. The number of carbonyl (C=O) groups is 2. The van der Waals surface area contributed by atoms with E-state index in [1.807, 2.05) is 0 Å². The number of hydrogen-bond donors (Lipinski definition) is 3. The van der Waals surface area contributed by atoms with Gasteiger partial charge in [0.1, 0.15) is 12.1 Å². The number of rotatable bonds is 1. The van der Waals surface area contributed by atoms with Crippen molar-refractivity contribution >= 4 is 11.9 Å². The molecule has 2 aliphatic heterocycles. The van der Waals surface area contributed by atoms with Crippen molar-refractivity contribution in [1.82, 2.24) is 10.8 Å². The number of piperidine rings is 1. The topological polar surface area (TPSA) is 87.7 Å². The zero-order chi connectivity index (χ0) is 9.42. The van der Waals surface area contributed by atoms with E-state index in [1.165, 1.54) is 0 Å². The van der Waals surface area contributed by atoms with E-state index in [1.54, 1.807) is 0 Å². The summed E-state index contributed by atoms with van der Waals surface area (Å²) in [5.74, 6) is -1.94. The van der Waals surface area contributed by atoms with E-state index in [4.69, 9.17) is 9.94 Å². The second-order valence-corrected chi connectivity index (χ2v) is 3.21. The molecule has 0 aromatic rings. The van der Waals surface area contributed by atoms with Crippen molar-refractivity contribution in [2.24, 2.45) is 5.92 Å². The van der Waals surface area contributed by atoms with Crippen molar-refractivity contribution in [2.45, 2.75) is 18.6 Å². The molecule has 0 saturated carbocycles. The first kappa shape index (κ1) is 8.46. The maximum Gasteiger partial charge on any atom is 0.321 e. The first-order valence-electron chi connectivity index (χ1n) is 4.12. The van der Waals surface area contributed by atoms with Crippen LogP contribution in [-0.2, 0) is 14.4 Å². The first-order valence-corrected chi connectivity index (χ1v) is 4.12. The zero-order valence-electron chi connectivity index (χ0n) is 6.82. The molecule has 0 aliphatic carbocycles. The van der Waals surface area contributed by atoms with Crippen LogP contribution in [-0.4, -0.2) is 35.7 Å². The Balaban J connectivity index is 2.19. The largest absolute Gasteiger partial charge is 0.480 e. The Hall–Kier alpha value is -1.14. The zero-order valence-corrected chi connectivity index (χ0v) is 6.82. The Kier molecular flexibility index (Phi) is 1.93. The lowest BCUT2D eigenvalue weighted by Crippen LogP contribution is -2.53. The molecule has 1 amide bonds. The average molecular weight is 186 g/mol. The van der Waals surface area contributed by atoms with E-state index in [0.717, 1.165) is 0 Å². The van der Waals surface area contributed by atoms with Crippen molar-refractivity contribution in [3.63, 3.8) is 0 Å². The van der Waals surface area contributed by atoms with Gasteiger partial charge in [0.25, 0.3) is 5.91 Å². The molecule has 72 valence electrons. The number of hydrogen-bond acceptors (Lipinski definition) is 4. The van der Waals surface area contributed by atoms with Gasteiger partial charge in [0.05, 0.1) is 5.92 Å². The van der Waals surface area contributed by atoms with Crippen LogP contribution in [0.1, 0.15) is 6.42 Å². The molecule has 3 N–H and O–H groups in total. The monoisotopic (exact) mass is 186 g/mol. The summed E-state index contributed by atoms with van der Waals surface area (Å²) in [7, 11) is 0. The number of fused-ring (bicyclic) bond motifs is 1. The molecule has 2 fully saturated rings. The van der Waals surface area contributed by atoms with E-state index in [9.17, 15) is 9.59 Å². The molecule has 0 aromatic heterocycles. The van der Waals surface area contributed by atoms with Crippen molar-refractivity contribution in [1.29, 1.82) is 0 Å². The molecule has 3 atom stereocenters. The average Bonchev–Trinajstić information content (AvgIpc) is 2.48. The van der Waals surface area contributed by atoms with Gasteiger partial charge >= 0.3 is 5.97 Å². The van der Waals surface area contributed by atoms with Crippen molar-refractivity contribution in [3.8, 4) is 0 Å². The summed E-state index contributed by atoms with van der Waals surface area (Å²) in [6.45, 7) is 0.563. The van der Waals surface area contributed by atoms with Crippen LogP contribution in [0.25, 0.3) is 0 Å². The van der Waals surface area contributed by atoms with Gasteiger partial charge in [-0.3, -0.25) is 14.4 Å². The number of nitrogens with one attached hydrogen (secondary N) is 2. The highest BCUT2D eigenvalue weighted by Gasteiger charge is 2.47. The Bertz CT molecular complexity index is 255. The maximum atomic E-state index is 11.2. The van der Waals surface area contributed by atoms with Crippen LogP contribution in [0, 0.1) is 5.92 Å². The number of amides is 1. The molecular formula is C7H10N2O4. The number of carboxylic acid groups (broad SMARTS) is 1. The second-order valence-electron chi connectivity index (χ2n) is 3.21. The summed E-state index contributed by atoms with van der Waals surface area (Å²) in [6.07, 6.45) is 0.363. The fraction of sp³-hybridized carbons (Fsp3) is 0.714. The molecule has 0 bridgehead atoms. The highest BCUT2D eigenvalue weighted by atomic mass is 16.7. The molecule has 0 radical (unpaired) electrons. The minimum Gasteiger partial charge on any atom is -0.480 e. The molecule has 3 unspecified atom stereocenters. The van der Waals surface area contributed by atoms with Gasteiger partial charge in [-0.1, -0.05) is 0 Å².